The smallest absolute Gasteiger partial charge is 0.159 e. The summed E-state index contributed by atoms with van der Waals surface area (Å²) >= 11 is 0. The molecule has 0 N–H and O–H groups in total. The topological polar surface area (TPSA) is 0 Å². The molecule has 0 aliphatic carbocycles. The van der Waals surface area contributed by atoms with Gasteiger partial charge in [-0.1, -0.05) is 67.6 Å². The quantitative estimate of drug-likeness (QED) is 0.288. The molecule has 1 atom stereocenters. The molecular formula is C27H20F4. The molecule has 0 fully saturated rings. The van der Waals surface area contributed by atoms with E-state index in [-0.39, 0.29) is 11.1 Å². The highest BCUT2D eigenvalue weighted by molar-refractivity contribution is 5.72. The van der Waals surface area contributed by atoms with Crippen molar-refractivity contribution in [3.05, 3.63) is 119 Å². The fourth-order valence-electron chi connectivity index (χ4n) is 3.75. The minimum Gasteiger partial charge on any atom is -0.206 e. The van der Waals surface area contributed by atoms with E-state index in [2.05, 4.69) is 19.1 Å². The van der Waals surface area contributed by atoms with Gasteiger partial charge in [0, 0.05) is 0 Å². The van der Waals surface area contributed by atoms with Gasteiger partial charge in [0.05, 0.1) is 5.56 Å². The van der Waals surface area contributed by atoms with Gasteiger partial charge >= 0.3 is 0 Å². The van der Waals surface area contributed by atoms with Crippen LogP contribution >= 0.6 is 0 Å². The average molecular weight is 420 g/mol. The van der Waals surface area contributed by atoms with Gasteiger partial charge in [-0.25, -0.2) is 17.6 Å². The summed E-state index contributed by atoms with van der Waals surface area (Å²) < 4.78 is 56.0. The third-order valence-electron chi connectivity index (χ3n) is 5.45. The lowest BCUT2D eigenvalue weighted by atomic mass is 9.92. The predicted molar refractivity (Wildman–Crippen MR) is 116 cm³/mol. The molecule has 0 unspecified atom stereocenters. The Kier molecular flexibility index (Phi) is 5.90. The summed E-state index contributed by atoms with van der Waals surface area (Å²) in [6.45, 7) is 2.16. The zero-order valence-corrected chi connectivity index (χ0v) is 16.9. The molecular weight excluding hydrogens is 400 g/mol. The highest BCUT2D eigenvalue weighted by atomic mass is 19.2. The average Bonchev–Trinajstić information content (AvgIpc) is 2.77. The molecule has 4 aromatic rings. The molecule has 0 amide bonds. The van der Waals surface area contributed by atoms with Crippen LogP contribution in [-0.4, -0.2) is 0 Å². The number of halogens is 4. The molecule has 0 heterocycles. The molecule has 0 spiro atoms. The maximum absolute atomic E-state index is 14.7. The molecule has 0 saturated heterocycles. The summed E-state index contributed by atoms with van der Waals surface area (Å²) in [5.41, 5.74) is 3.00. The molecule has 0 bridgehead atoms. The number of rotatable bonds is 5. The summed E-state index contributed by atoms with van der Waals surface area (Å²) in [5, 5.41) is 0. The van der Waals surface area contributed by atoms with Crippen LogP contribution in [0.2, 0.25) is 0 Å². The van der Waals surface area contributed by atoms with E-state index < -0.39 is 23.3 Å². The van der Waals surface area contributed by atoms with Gasteiger partial charge in [0.15, 0.2) is 11.6 Å². The summed E-state index contributed by atoms with van der Waals surface area (Å²) in [5.74, 6) is -3.54. The van der Waals surface area contributed by atoms with E-state index in [9.17, 15) is 17.6 Å². The third-order valence-corrected chi connectivity index (χ3v) is 5.45. The van der Waals surface area contributed by atoms with Crippen LogP contribution in [0.25, 0.3) is 22.3 Å². The van der Waals surface area contributed by atoms with E-state index >= 15 is 0 Å². The number of hydrogen-bond acceptors (Lipinski definition) is 0. The monoisotopic (exact) mass is 420 g/mol. The van der Waals surface area contributed by atoms with Gasteiger partial charge in [-0.2, -0.15) is 0 Å². The van der Waals surface area contributed by atoms with Gasteiger partial charge in [-0.15, -0.1) is 0 Å². The van der Waals surface area contributed by atoms with Gasteiger partial charge in [0.1, 0.15) is 11.6 Å². The van der Waals surface area contributed by atoms with E-state index in [1.807, 2.05) is 42.5 Å². The van der Waals surface area contributed by atoms with Crippen LogP contribution in [0, 0.1) is 23.3 Å². The van der Waals surface area contributed by atoms with Crippen LogP contribution in [0.5, 0.6) is 0 Å². The molecule has 0 nitrogen and oxygen atoms in total. The summed E-state index contributed by atoms with van der Waals surface area (Å²) in [6, 6.07) is 23.0. The Balaban J connectivity index is 1.58. The van der Waals surface area contributed by atoms with Crippen LogP contribution in [0.4, 0.5) is 17.6 Å². The maximum atomic E-state index is 14.7. The van der Waals surface area contributed by atoms with Gasteiger partial charge in [0.2, 0.25) is 0 Å². The van der Waals surface area contributed by atoms with Crippen molar-refractivity contribution in [2.75, 3.05) is 0 Å². The minimum absolute atomic E-state index is 0.0503. The Morgan fingerprint density at radius 2 is 1.16 bits per heavy atom. The Labute approximate surface area is 178 Å². The Morgan fingerprint density at radius 3 is 1.77 bits per heavy atom. The maximum Gasteiger partial charge on any atom is 0.159 e. The zero-order valence-electron chi connectivity index (χ0n) is 16.9. The number of hydrogen-bond donors (Lipinski definition) is 0. The van der Waals surface area contributed by atoms with Crippen LogP contribution in [0.3, 0.4) is 0 Å². The third kappa shape index (κ3) is 4.53. The van der Waals surface area contributed by atoms with E-state index in [1.54, 1.807) is 0 Å². The van der Waals surface area contributed by atoms with Gasteiger partial charge in [0.25, 0.3) is 0 Å². The van der Waals surface area contributed by atoms with Crippen molar-refractivity contribution >= 4 is 0 Å². The lowest BCUT2D eigenvalue weighted by Gasteiger charge is -2.13. The fraction of sp³-hybridized carbons (Fsp3) is 0.111. The second-order valence-corrected chi connectivity index (χ2v) is 7.66. The summed E-state index contributed by atoms with van der Waals surface area (Å²) in [6.07, 6.45) is 0.849. The Hall–Kier alpha value is -3.40. The van der Waals surface area contributed by atoms with E-state index in [4.69, 9.17) is 0 Å². The van der Waals surface area contributed by atoms with Crippen molar-refractivity contribution in [2.45, 2.75) is 19.3 Å². The predicted octanol–water partition coefficient (Wildman–Crippen LogP) is 7.92. The van der Waals surface area contributed by atoms with E-state index in [0.717, 1.165) is 30.2 Å². The summed E-state index contributed by atoms with van der Waals surface area (Å²) in [4.78, 5) is 0. The second kappa shape index (κ2) is 8.76. The lowest BCUT2D eigenvalue weighted by molar-refractivity contribution is 0.508. The molecule has 0 aromatic heterocycles. The molecule has 4 heteroatoms. The van der Waals surface area contributed by atoms with Crippen molar-refractivity contribution in [3.8, 4) is 22.3 Å². The largest absolute Gasteiger partial charge is 0.206 e. The highest BCUT2D eigenvalue weighted by Gasteiger charge is 2.16. The first-order chi connectivity index (χ1) is 14.9. The van der Waals surface area contributed by atoms with Crippen molar-refractivity contribution in [2.24, 2.45) is 0 Å². The van der Waals surface area contributed by atoms with Gasteiger partial charge < -0.3 is 0 Å². The van der Waals surface area contributed by atoms with Crippen LogP contribution in [0.1, 0.15) is 24.0 Å². The SMILES string of the molecule is C[C@@H](Cc1ccc(-c2cc(F)c(-c3ccc(F)c(F)c3)c(F)c2)cc1)c1ccccc1. The van der Waals surface area contributed by atoms with Crippen molar-refractivity contribution < 1.29 is 17.6 Å². The summed E-state index contributed by atoms with van der Waals surface area (Å²) in [7, 11) is 0. The molecule has 156 valence electrons. The molecule has 31 heavy (non-hydrogen) atoms. The standard InChI is InChI=1S/C27H20F4/c1-17(19-5-3-2-4-6-19)13-18-7-9-20(10-8-18)22-15-25(30)27(26(31)16-22)21-11-12-23(28)24(29)14-21/h2-12,14-17H,13H2,1H3/t17-/m0/s1. The van der Waals surface area contributed by atoms with E-state index in [1.165, 1.54) is 17.7 Å². The first-order valence-electron chi connectivity index (χ1n) is 10.0. The Bertz CT molecular complexity index is 1170. The lowest BCUT2D eigenvalue weighted by Crippen LogP contribution is -1.98. The molecule has 0 saturated carbocycles. The van der Waals surface area contributed by atoms with Gasteiger partial charge in [-0.3, -0.25) is 0 Å². The van der Waals surface area contributed by atoms with Crippen LogP contribution in [0.15, 0.2) is 84.9 Å². The second-order valence-electron chi connectivity index (χ2n) is 7.66. The molecule has 4 aromatic carbocycles. The zero-order chi connectivity index (χ0) is 22.0. The Morgan fingerprint density at radius 1 is 0.581 bits per heavy atom. The minimum atomic E-state index is -1.15. The fourth-order valence-corrected chi connectivity index (χ4v) is 3.75. The van der Waals surface area contributed by atoms with Crippen LogP contribution < -0.4 is 0 Å². The first-order valence-corrected chi connectivity index (χ1v) is 10.0. The van der Waals surface area contributed by atoms with Gasteiger partial charge in [-0.05, 0) is 64.4 Å². The number of benzene rings is 4. The molecule has 0 radical (unpaired) electrons. The highest BCUT2D eigenvalue weighted by Crippen LogP contribution is 2.32. The van der Waals surface area contributed by atoms with Crippen molar-refractivity contribution in [3.63, 3.8) is 0 Å². The molecule has 4 rings (SSSR count). The molecule has 0 aliphatic heterocycles. The van der Waals surface area contributed by atoms with Crippen LogP contribution in [-0.2, 0) is 6.42 Å². The molecule has 0 aliphatic rings. The van der Waals surface area contributed by atoms with E-state index in [0.29, 0.717) is 17.0 Å². The van der Waals surface area contributed by atoms with Crippen molar-refractivity contribution in [1.82, 2.24) is 0 Å². The van der Waals surface area contributed by atoms with Crippen molar-refractivity contribution in [1.29, 1.82) is 0 Å². The normalized spacial score (nSPS) is 12.0. The first kappa shape index (κ1) is 20.9.